The number of nitrogens with zero attached hydrogens (tertiary/aromatic N) is 2. The number of para-hydroxylation sites is 2. The fourth-order valence-corrected chi connectivity index (χ4v) is 2.68. The van der Waals surface area contributed by atoms with Crippen LogP contribution in [0.15, 0.2) is 24.3 Å². The van der Waals surface area contributed by atoms with E-state index in [0.717, 1.165) is 24.4 Å². The van der Waals surface area contributed by atoms with E-state index in [1.54, 1.807) is 0 Å². The van der Waals surface area contributed by atoms with Gasteiger partial charge in [0.2, 0.25) is 0 Å². The van der Waals surface area contributed by atoms with Crippen LogP contribution in [-0.4, -0.2) is 22.6 Å². The average Bonchev–Trinajstić information content (AvgIpc) is 2.66. The Kier molecular flexibility index (Phi) is 3.69. The molecule has 1 aliphatic rings. The van der Waals surface area contributed by atoms with E-state index >= 15 is 0 Å². The molecular formula is C13H18ClN3. The maximum absolute atomic E-state index is 4.62. The van der Waals surface area contributed by atoms with Crippen molar-refractivity contribution in [3.63, 3.8) is 0 Å². The van der Waals surface area contributed by atoms with E-state index in [9.17, 15) is 0 Å². The van der Waals surface area contributed by atoms with Crippen LogP contribution in [0.4, 0.5) is 0 Å². The number of fused-ring (bicyclic) bond motifs is 1. The molecule has 0 aliphatic carbocycles. The number of aromatic nitrogens is 2. The highest BCUT2D eigenvalue weighted by Crippen LogP contribution is 2.24. The lowest BCUT2D eigenvalue weighted by atomic mass is 10.1. The number of piperidine rings is 1. The van der Waals surface area contributed by atoms with Gasteiger partial charge >= 0.3 is 0 Å². The average molecular weight is 252 g/mol. The zero-order valence-electron chi connectivity index (χ0n) is 10.0. The maximum atomic E-state index is 4.62. The fourth-order valence-electron chi connectivity index (χ4n) is 2.68. The number of rotatable bonds is 1. The van der Waals surface area contributed by atoms with Crippen LogP contribution in [0.2, 0.25) is 0 Å². The zero-order chi connectivity index (χ0) is 11.0. The first kappa shape index (κ1) is 12.4. The number of imidazole rings is 1. The summed E-state index contributed by atoms with van der Waals surface area (Å²) in [7, 11) is 0. The minimum atomic E-state index is 0. The number of halogens is 1. The summed E-state index contributed by atoms with van der Waals surface area (Å²) < 4.78 is 2.39. The molecule has 0 spiro atoms. The molecule has 2 aromatic rings. The third kappa shape index (κ3) is 2.17. The molecule has 17 heavy (non-hydrogen) atoms. The molecule has 2 heterocycles. The first-order valence-electron chi connectivity index (χ1n) is 6.00. The van der Waals surface area contributed by atoms with Gasteiger partial charge in [-0.1, -0.05) is 12.1 Å². The SMILES string of the molecule is Cc1nc2ccccc2n1C1CCCNC1.Cl. The Morgan fingerprint density at radius 3 is 2.94 bits per heavy atom. The molecule has 0 amide bonds. The summed E-state index contributed by atoms with van der Waals surface area (Å²) in [6.07, 6.45) is 2.52. The Labute approximate surface area is 108 Å². The molecular weight excluding hydrogens is 234 g/mol. The molecule has 1 unspecified atom stereocenters. The van der Waals surface area contributed by atoms with Crippen molar-refractivity contribution in [3.8, 4) is 0 Å². The smallest absolute Gasteiger partial charge is 0.107 e. The van der Waals surface area contributed by atoms with Crippen molar-refractivity contribution in [2.24, 2.45) is 0 Å². The van der Waals surface area contributed by atoms with Gasteiger partial charge in [0.15, 0.2) is 0 Å². The normalized spacial score (nSPS) is 20.2. The second kappa shape index (κ2) is 5.07. The van der Waals surface area contributed by atoms with Crippen LogP contribution in [0.1, 0.15) is 24.7 Å². The van der Waals surface area contributed by atoms with Gasteiger partial charge in [-0.25, -0.2) is 4.98 Å². The van der Waals surface area contributed by atoms with E-state index in [1.165, 1.54) is 18.4 Å². The van der Waals surface area contributed by atoms with E-state index in [2.05, 4.69) is 46.1 Å². The first-order valence-corrected chi connectivity index (χ1v) is 6.00. The molecule has 3 nitrogen and oxygen atoms in total. The Balaban J connectivity index is 0.00000108. The van der Waals surface area contributed by atoms with E-state index in [4.69, 9.17) is 0 Å². The van der Waals surface area contributed by atoms with Crippen LogP contribution in [0, 0.1) is 6.92 Å². The minimum absolute atomic E-state index is 0. The standard InChI is InChI=1S/C13H17N3.ClH/c1-10-15-12-6-2-3-7-13(12)16(10)11-5-4-8-14-9-11;/h2-3,6-7,11,14H,4-5,8-9H2,1H3;1H. The Morgan fingerprint density at radius 2 is 2.18 bits per heavy atom. The summed E-state index contributed by atoms with van der Waals surface area (Å²) in [5, 5.41) is 3.47. The number of benzene rings is 1. The van der Waals surface area contributed by atoms with Gasteiger partial charge in [0.25, 0.3) is 0 Å². The van der Waals surface area contributed by atoms with Gasteiger partial charge < -0.3 is 9.88 Å². The van der Waals surface area contributed by atoms with Gasteiger partial charge in [-0.2, -0.15) is 0 Å². The Morgan fingerprint density at radius 1 is 1.35 bits per heavy atom. The molecule has 0 bridgehead atoms. The van der Waals surface area contributed by atoms with Crippen LogP contribution in [0.3, 0.4) is 0 Å². The molecule has 1 fully saturated rings. The summed E-state index contributed by atoms with van der Waals surface area (Å²) in [4.78, 5) is 4.62. The quantitative estimate of drug-likeness (QED) is 0.845. The minimum Gasteiger partial charge on any atom is -0.324 e. The molecule has 1 atom stereocenters. The highest BCUT2D eigenvalue weighted by atomic mass is 35.5. The van der Waals surface area contributed by atoms with E-state index in [0.29, 0.717) is 6.04 Å². The zero-order valence-corrected chi connectivity index (χ0v) is 10.8. The predicted molar refractivity (Wildman–Crippen MR) is 72.9 cm³/mol. The predicted octanol–water partition coefficient (Wildman–Crippen LogP) is 2.69. The lowest BCUT2D eigenvalue weighted by molar-refractivity contribution is 0.373. The van der Waals surface area contributed by atoms with E-state index in [-0.39, 0.29) is 12.4 Å². The van der Waals surface area contributed by atoms with Gasteiger partial charge in [-0.05, 0) is 38.4 Å². The Bertz CT molecular complexity index is 500. The van der Waals surface area contributed by atoms with Gasteiger partial charge in [-0.3, -0.25) is 0 Å². The third-order valence-corrected chi connectivity index (χ3v) is 3.41. The highest BCUT2D eigenvalue weighted by Gasteiger charge is 2.18. The molecule has 4 heteroatoms. The van der Waals surface area contributed by atoms with Crippen LogP contribution < -0.4 is 5.32 Å². The van der Waals surface area contributed by atoms with Crippen LogP contribution in [0.25, 0.3) is 11.0 Å². The summed E-state index contributed by atoms with van der Waals surface area (Å²) in [6.45, 7) is 4.33. The highest BCUT2D eigenvalue weighted by molar-refractivity contribution is 5.85. The molecule has 0 saturated carbocycles. The third-order valence-electron chi connectivity index (χ3n) is 3.41. The molecule has 3 rings (SSSR count). The van der Waals surface area contributed by atoms with Gasteiger partial charge in [0.1, 0.15) is 5.82 Å². The van der Waals surface area contributed by atoms with Gasteiger partial charge in [-0.15, -0.1) is 12.4 Å². The second-order valence-corrected chi connectivity index (χ2v) is 4.52. The number of hydrogen-bond donors (Lipinski definition) is 1. The Hall–Kier alpha value is -1.06. The number of nitrogens with one attached hydrogen (secondary N) is 1. The first-order chi connectivity index (χ1) is 7.86. The molecule has 1 aromatic carbocycles. The summed E-state index contributed by atoms with van der Waals surface area (Å²) in [6, 6.07) is 8.98. The maximum Gasteiger partial charge on any atom is 0.107 e. The van der Waals surface area contributed by atoms with Gasteiger partial charge in [0, 0.05) is 12.6 Å². The van der Waals surface area contributed by atoms with Crippen molar-refractivity contribution in [3.05, 3.63) is 30.1 Å². The van der Waals surface area contributed by atoms with Crippen LogP contribution >= 0.6 is 12.4 Å². The molecule has 0 radical (unpaired) electrons. The van der Waals surface area contributed by atoms with Crippen molar-refractivity contribution in [1.82, 2.24) is 14.9 Å². The second-order valence-electron chi connectivity index (χ2n) is 4.52. The van der Waals surface area contributed by atoms with Crippen LogP contribution in [-0.2, 0) is 0 Å². The summed E-state index contributed by atoms with van der Waals surface area (Å²) >= 11 is 0. The largest absolute Gasteiger partial charge is 0.324 e. The molecule has 1 saturated heterocycles. The van der Waals surface area contributed by atoms with Gasteiger partial charge in [0.05, 0.1) is 11.0 Å². The van der Waals surface area contributed by atoms with Crippen LogP contribution in [0.5, 0.6) is 0 Å². The van der Waals surface area contributed by atoms with Crippen molar-refractivity contribution < 1.29 is 0 Å². The number of hydrogen-bond acceptors (Lipinski definition) is 2. The topological polar surface area (TPSA) is 29.9 Å². The summed E-state index contributed by atoms with van der Waals surface area (Å²) in [5.74, 6) is 1.13. The van der Waals surface area contributed by atoms with Crippen molar-refractivity contribution in [2.45, 2.75) is 25.8 Å². The number of aryl methyl sites for hydroxylation is 1. The molecule has 1 aliphatic heterocycles. The monoisotopic (exact) mass is 251 g/mol. The summed E-state index contributed by atoms with van der Waals surface area (Å²) in [5.41, 5.74) is 2.39. The fraction of sp³-hybridized carbons (Fsp3) is 0.462. The van der Waals surface area contributed by atoms with Crippen molar-refractivity contribution in [2.75, 3.05) is 13.1 Å². The lowest BCUT2D eigenvalue weighted by Gasteiger charge is -2.25. The molecule has 92 valence electrons. The molecule has 1 aromatic heterocycles. The van der Waals surface area contributed by atoms with E-state index in [1.807, 2.05) is 0 Å². The van der Waals surface area contributed by atoms with Crippen molar-refractivity contribution >= 4 is 23.4 Å². The van der Waals surface area contributed by atoms with Crippen molar-refractivity contribution in [1.29, 1.82) is 0 Å². The lowest BCUT2D eigenvalue weighted by Crippen LogP contribution is -2.32. The van der Waals surface area contributed by atoms with E-state index < -0.39 is 0 Å². The molecule has 1 N–H and O–H groups in total.